The zero-order chi connectivity index (χ0) is 24.0. The maximum atomic E-state index is 14.2. The standard InChI is InChI=1S/C24H20ClF2N5O2/c1-13-29-30-24(32(13)12-14-4-6-15(25)7-5-14)19-3-2-10-31(19)21-20(22(33)23(21)34)28-18-9-8-16(26)11-17(18)27/h4-9,11,19,28H,2-3,10,12H2,1H3/t19-/m1/s1. The van der Waals surface area contributed by atoms with Gasteiger partial charge in [0.15, 0.2) is 5.82 Å². The Bertz CT molecular complexity index is 1440. The molecule has 174 valence electrons. The van der Waals surface area contributed by atoms with Gasteiger partial charge < -0.3 is 14.8 Å². The quantitative estimate of drug-likeness (QED) is 0.413. The van der Waals surface area contributed by atoms with Crippen molar-refractivity contribution < 1.29 is 8.78 Å². The number of anilines is 3. The predicted molar refractivity (Wildman–Crippen MR) is 126 cm³/mol. The normalized spacial score (nSPS) is 15.9. The molecule has 1 aromatic heterocycles. The highest BCUT2D eigenvalue weighted by Crippen LogP contribution is 2.38. The lowest BCUT2D eigenvalue weighted by Gasteiger charge is -2.29. The molecule has 1 aliphatic heterocycles. The minimum absolute atomic E-state index is 0.00268. The summed E-state index contributed by atoms with van der Waals surface area (Å²) in [5.74, 6) is -0.191. The molecule has 34 heavy (non-hydrogen) atoms. The first-order chi connectivity index (χ1) is 16.3. The zero-order valence-corrected chi connectivity index (χ0v) is 18.9. The first-order valence-electron chi connectivity index (χ1n) is 10.8. The van der Waals surface area contributed by atoms with E-state index in [1.807, 2.05) is 40.7 Å². The van der Waals surface area contributed by atoms with E-state index in [-0.39, 0.29) is 23.1 Å². The third-order valence-corrected chi connectivity index (χ3v) is 6.38. The van der Waals surface area contributed by atoms with Crippen LogP contribution >= 0.6 is 11.6 Å². The van der Waals surface area contributed by atoms with Gasteiger partial charge in [-0.3, -0.25) is 9.59 Å². The molecule has 4 aromatic rings. The Morgan fingerprint density at radius 1 is 1.09 bits per heavy atom. The Balaban J connectivity index is 1.47. The number of aromatic nitrogens is 3. The van der Waals surface area contributed by atoms with Crippen LogP contribution in [-0.2, 0) is 6.54 Å². The van der Waals surface area contributed by atoms with Crippen molar-refractivity contribution in [2.45, 2.75) is 32.4 Å². The van der Waals surface area contributed by atoms with E-state index in [9.17, 15) is 18.4 Å². The van der Waals surface area contributed by atoms with Crippen molar-refractivity contribution >= 4 is 28.7 Å². The average molecular weight is 484 g/mol. The molecule has 1 fully saturated rings. The number of halogens is 3. The summed E-state index contributed by atoms with van der Waals surface area (Å²) in [4.78, 5) is 26.8. The van der Waals surface area contributed by atoms with Crippen molar-refractivity contribution in [3.63, 3.8) is 0 Å². The van der Waals surface area contributed by atoms with Crippen molar-refractivity contribution in [3.05, 3.63) is 96.8 Å². The third kappa shape index (κ3) is 3.86. The highest BCUT2D eigenvalue weighted by molar-refractivity contribution is 6.30. The molecular weight excluding hydrogens is 464 g/mol. The number of aryl methyl sites for hydroxylation is 1. The fraction of sp³-hybridized carbons (Fsp3) is 0.250. The highest BCUT2D eigenvalue weighted by Gasteiger charge is 2.37. The van der Waals surface area contributed by atoms with E-state index < -0.39 is 22.5 Å². The Morgan fingerprint density at radius 2 is 1.85 bits per heavy atom. The number of hydrogen-bond acceptors (Lipinski definition) is 6. The van der Waals surface area contributed by atoms with Crippen LogP contribution in [-0.4, -0.2) is 21.3 Å². The molecule has 0 spiro atoms. The molecular formula is C24H20ClF2N5O2. The van der Waals surface area contributed by atoms with E-state index in [2.05, 4.69) is 15.5 Å². The van der Waals surface area contributed by atoms with Gasteiger partial charge in [0, 0.05) is 17.6 Å². The van der Waals surface area contributed by atoms with Gasteiger partial charge in [0.2, 0.25) is 0 Å². The molecule has 0 aliphatic carbocycles. The molecule has 2 heterocycles. The fourth-order valence-corrected chi connectivity index (χ4v) is 4.54. The number of nitrogens with zero attached hydrogens (tertiary/aromatic N) is 4. The maximum Gasteiger partial charge on any atom is 0.253 e. The smallest absolute Gasteiger partial charge is 0.253 e. The van der Waals surface area contributed by atoms with Crippen LogP contribution in [0.25, 0.3) is 0 Å². The molecule has 1 aliphatic rings. The summed E-state index contributed by atoms with van der Waals surface area (Å²) in [5, 5.41) is 12.0. The van der Waals surface area contributed by atoms with Gasteiger partial charge in [-0.25, -0.2) is 8.78 Å². The Morgan fingerprint density at radius 3 is 2.59 bits per heavy atom. The Kier molecular flexibility index (Phi) is 5.65. The lowest BCUT2D eigenvalue weighted by molar-refractivity contribution is 0.586. The van der Waals surface area contributed by atoms with Crippen molar-refractivity contribution in [1.29, 1.82) is 0 Å². The van der Waals surface area contributed by atoms with Crippen molar-refractivity contribution in [2.75, 3.05) is 16.8 Å². The van der Waals surface area contributed by atoms with Gasteiger partial charge >= 0.3 is 0 Å². The molecule has 0 unspecified atom stereocenters. The molecule has 3 aromatic carbocycles. The highest BCUT2D eigenvalue weighted by atomic mass is 35.5. The van der Waals surface area contributed by atoms with Crippen LogP contribution in [0.15, 0.2) is 52.1 Å². The van der Waals surface area contributed by atoms with Gasteiger partial charge in [-0.2, -0.15) is 0 Å². The van der Waals surface area contributed by atoms with Gasteiger partial charge in [-0.15, -0.1) is 10.2 Å². The zero-order valence-electron chi connectivity index (χ0n) is 18.2. The lowest BCUT2D eigenvalue weighted by Crippen LogP contribution is -2.42. The monoisotopic (exact) mass is 483 g/mol. The van der Waals surface area contributed by atoms with Crippen LogP contribution < -0.4 is 21.1 Å². The van der Waals surface area contributed by atoms with Gasteiger partial charge in [0.1, 0.15) is 28.8 Å². The second-order valence-corrected chi connectivity index (χ2v) is 8.74. The van der Waals surface area contributed by atoms with Crippen LogP contribution in [0.4, 0.5) is 25.8 Å². The van der Waals surface area contributed by atoms with Gasteiger partial charge in [0.05, 0.1) is 18.3 Å². The van der Waals surface area contributed by atoms with E-state index in [1.165, 1.54) is 6.07 Å². The molecule has 0 amide bonds. The predicted octanol–water partition coefficient (Wildman–Crippen LogP) is 4.25. The van der Waals surface area contributed by atoms with Gasteiger partial charge in [-0.1, -0.05) is 23.7 Å². The molecule has 0 radical (unpaired) electrons. The molecule has 0 saturated carbocycles. The minimum atomic E-state index is -0.852. The van der Waals surface area contributed by atoms with E-state index >= 15 is 0 Å². The second kappa shape index (κ2) is 8.64. The Hall–Kier alpha value is -3.59. The van der Waals surface area contributed by atoms with E-state index in [1.54, 1.807) is 0 Å². The summed E-state index contributed by atoms with van der Waals surface area (Å²) in [6, 6.07) is 10.2. The van der Waals surface area contributed by atoms with Crippen LogP contribution in [0.1, 0.15) is 36.1 Å². The maximum absolute atomic E-state index is 14.2. The van der Waals surface area contributed by atoms with Crippen molar-refractivity contribution in [1.82, 2.24) is 14.8 Å². The van der Waals surface area contributed by atoms with Crippen molar-refractivity contribution in [3.8, 4) is 0 Å². The molecule has 10 heteroatoms. The minimum Gasteiger partial charge on any atom is -0.356 e. The fourth-order valence-electron chi connectivity index (χ4n) is 4.41. The van der Waals surface area contributed by atoms with Crippen LogP contribution in [0, 0.1) is 18.6 Å². The van der Waals surface area contributed by atoms with Crippen LogP contribution in [0.3, 0.4) is 0 Å². The molecule has 1 saturated heterocycles. The topological polar surface area (TPSA) is 80.1 Å². The summed E-state index contributed by atoms with van der Waals surface area (Å²) in [6.07, 6.45) is 1.49. The first kappa shape index (κ1) is 22.2. The molecule has 1 atom stereocenters. The Labute approximate surface area is 198 Å². The number of rotatable bonds is 6. The largest absolute Gasteiger partial charge is 0.356 e. The van der Waals surface area contributed by atoms with Crippen molar-refractivity contribution in [2.24, 2.45) is 0 Å². The first-order valence-corrected chi connectivity index (χ1v) is 11.2. The summed E-state index contributed by atoms with van der Waals surface area (Å²) < 4.78 is 29.4. The third-order valence-electron chi connectivity index (χ3n) is 6.13. The molecule has 1 N–H and O–H groups in total. The van der Waals surface area contributed by atoms with E-state index in [4.69, 9.17) is 11.6 Å². The summed E-state index contributed by atoms with van der Waals surface area (Å²) >= 11 is 6.00. The van der Waals surface area contributed by atoms with Gasteiger partial charge in [-0.05, 0) is 49.6 Å². The second-order valence-electron chi connectivity index (χ2n) is 8.30. The van der Waals surface area contributed by atoms with Crippen LogP contribution in [0.5, 0.6) is 0 Å². The molecule has 7 nitrogen and oxygen atoms in total. The van der Waals surface area contributed by atoms with Gasteiger partial charge in [0.25, 0.3) is 10.9 Å². The van der Waals surface area contributed by atoms with E-state index in [0.717, 1.165) is 18.1 Å². The molecule has 5 rings (SSSR count). The number of benzene rings is 2. The van der Waals surface area contributed by atoms with E-state index in [0.29, 0.717) is 42.2 Å². The SMILES string of the molecule is Cc1nnc([C@H]2CCCN2c2c(Nc3ccc(F)cc3F)c(=O)c2=O)n1Cc1ccc(Cl)cc1. The number of nitrogens with one attached hydrogen (secondary N) is 1. The summed E-state index contributed by atoms with van der Waals surface area (Å²) in [6.45, 7) is 2.91. The summed E-state index contributed by atoms with van der Waals surface area (Å²) in [7, 11) is 0. The van der Waals surface area contributed by atoms with Crippen LogP contribution in [0.2, 0.25) is 5.02 Å². The summed E-state index contributed by atoms with van der Waals surface area (Å²) in [5.41, 5.74) is -0.244. The molecule has 0 bridgehead atoms. The lowest BCUT2D eigenvalue weighted by atomic mass is 10.1. The average Bonchev–Trinajstić information content (AvgIpc) is 3.42. The number of hydrogen-bond donors (Lipinski definition) is 1.